The first-order chi connectivity index (χ1) is 32.7. The van der Waals surface area contributed by atoms with Crippen LogP contribution in [0.25, 0.3) is 0 Å². The summed E-state index contributed by atoms with van der Waals surface area (Å²) in [6, 6.07) is -0.813. The monoisotopic (exact) mass is 954 g/mol. The van der Waals surface area contributed by atoms with Crippen LogP contribution in [-0.4, -0.2) is 100 Å². The summed E-state index contributed by atoms with van der Waals surface area (Å²) in [5.74, 6) is -0.207. The van der Waals surface area contributed by atoms with E-state index in [9.17, 15) is 35.1 Å². The van der Waals surface area contributed by atoms with Gasteiger partial charge >= 0.3 is 5.97 Å². The highest BCUT2D eigenvalue weighted by molar-refractivity contribution is 5.76. The van der Waals surface area contributed by atoms with Gasteiger partial charge in [-0.2, -0.15) is 0 Å². The van der Waals surface area contributed by atoms with Crippen molar-refractivity contribution in [1.29, 1.82) is 0 Å². The number of allylic oxidation sites excluding steroid dienone is 1. The molecule has 67 heavy (non-hydrogen) atoms. The fourth-order valence-corrected chi connectivity index (χ4v) is 9.08. The minimum atomic E-state index is -1.57. The van der Waals surface area contributed by atoms with E-state index < -0.39 is 49.5 Å². The van der Waals surface area contributed by atoms with Gasteiger partial charge < -0.3 is 45.1 Å². The van der Waals surface area contributed by atoms with Crippen LogP contribution in [-0.2, 0) is 23.8 Å². The second-order valence-electron chi connectivity index (χ2n) is 20.0. The molecule has 0 aliphatic carbocycles. The van der Waals surface area contributed by atoms with E-state index in [2.05, 4.69) is 19.2 Å². The van der Waals surface area contributed by atoms with Crippen molar-refractivity contribution in [2.75, 3.05) is 19.8 Å². The third-order valence-electron chi connectivity index (χ3n) is 13.7. The SMILES string of the molecule is CCCCCCCCC/C=C/C(O)C(COC1OC(CO)C(O)C(O)C1O)NC(=O)CCCCCCCCCCCCCCCCCOC(=O)CCCCCCCCCCCCCCCCC. The Balaban J connectivity index is 2.05. The highest BCUT2D eigenvalue weighted by Crippen LogP contribution is 2.23. The Hall–Kier alpha value is -1.60. The zero-order valence-corrected chi connectivity index (χ0v) is 43.4. The second-order valence-corrected chi connectivity index (χ2v) is 20.0. The van der Waals surface area contributed by atoms with Gasteiger partial charge in [0, 0.05) is 12.8 Å². The fraction of sp³-hybridized carbons (Fsp3) is 0.929. The van der Waals surface area contributed by atoms with Crippen LogP contribution in [0, 0.1) is 0 Å². The molecule has 396 valence electrons. The number of aliphatic hydroxyl groups excluding tert-OH is 5. The molecular formula is C56H107NO10. The first-order valence-corrected chi connectivity index (χ1v) is 28.5. The number of nitrogens with one attached hydrogen (secondary N) is 1. The number of esters is 1. The largest absolute Gasteiger partial charge is 0.466 e. The smallest absolute Gasteiger partial charge is 0.305 e. The highest BCUT2D eigenvalue weighted by atomic mass is 16.7. The van der Waals surface area contributed by atoms with Gasteiger partial charge in [-0.05, 0) is 32.1 Å². The molecule has 1 saturated heterocycles. The standard InChI is InChI=1S/C56H107NO10/c1-3-5-7-9-11-13-14-15-17-21-24-28-32-36-40-44-52(61)65-45-41-37-33-29-25-22-19-16-18-20-23-27-31-35-39-43-51(60)57-48(49(59)42-38-34-30-26-12-10-8-6-4-2)47-66-56-55(64)54(63)53(62)50(46-58)67-56/h38,42,48-50,53-56,58-59,62-64H,3-37,39-41,43-47H2,1-2H3,(H,57,60)/b42-38+. The molecule has 0 saturated carbocycles. The fourth-order valence-electron chi connectivity index (χ4n) is 9.08. The molecular weight excluding hydrogens is 847 g/mol. The van der Waals surface area contributed by atoms with Crippen LogP contribution in [0.4, 0.5) is 0 Å². The van der Waals surface area contributed by atoms with Crippen LogP contribution >= 0.6 is 0 Å². The number of ether oxygens (including phenoxy) is 3. The summed E-state index contributed by atoms with van der Waals surface area (Å²) in [6.07, 6.45) is 43.0. The zero-order chi connectivity index (χ0) is 48.8. The lowest BCUT2D eigenvalue weighted by Gasteiger charge is -2.40. The molecule has 1 heterocycles. The van der Waals surface area contributed by atoms with Gasteiger partial charge in [-0.25, -0.2) is 0 Å². The molecule has 1 fully saturated rings. The van der Waals surface area contributed by atoms with Crippen LogP contribution in [0.3, 0.4) is 0 Å². The maximum Gasteiger partial charge on any atom is 0.305 e. The maximum absolute atomic E-state index is 13.0. The molecule has 11 nitrogen and oxygen atoms in total. The number of hydrogen-bond donors (Lipinski definition) is 6. The average Bonchev–Trinajstić information content (AvgIpc) is 3.32. The topological polar surface area (TPSA) is 175 Å². The van der Waals surface area contributed by atoms with E-state index in [1.165, 1.54) is 173 Å². The van der Waals surface area contributed by atoms with Crippen LogP contribution in [0.15, 0.2) is 12.2 Å². The van der Waals surface area contributed by atoms with E-state index >= 15 is 0 Å². The van der Waals surface area contributed by atoms with E-state index in [0.29, 0.717) is 19.4 Å². The molecule has 1 rings (SSSR count). The molecule has 11 heteroatoms. The number of carbonyl (C=O) groups is 2. The van der Waals surface area contributed by atoms with Crippen LogP contribution in [0.1, 0.15) is 271 Å². The molecule has 0 spiro atoms. The van der Waals surface area contributed by atoms with Gasteiger partial charge in [0.05, 0.1) is 32.0 Å². The van der Waals surface area contributed by atoms with E-state index in [1.54, 1.807) is 6.08 Å². The molecule has 0 aromatic heterocycles. The Kier molecular flexibility index (Phi) is 44.3. The van der Waals surface area contributed by atoms with Gasteiger partial charge in [0.25, 0.3) is 0 Å². The summed E-state index contributed by atoms with van der Waals surface area (Å²) in [5.41, 5.74) is 0. The van der Waals surface area contributed by atoms with Gasteiger partial charge in [-0.3, -0.25) is 9.59 Å². The number of amides is 1. The van der Waals surface area contributed by atoms with Crippen LogP contribution in [0.5, 0.6) is 0 Å². The first-order valence-electron chi connectivity index (χ1n) is 28.5. The number of unbranched alkanes of at least 4 members (excludes halogenated alkanes) is 35. The third-order valence-corrected chi connectivity index (χ3v) is 13.7. The normalized spacial score (nSPS) is 19.5. The molecule has 0 aromatic rings. The van der Waals surface area contributed by atoms with Crippen LogP contribution in [0.2, 0.25) is 0 Å². The van der Waals surface area contributed by atoms with Crippen molar-refractivity contribution < 1.29 is 49.3 Å². The van der Waals surface area contributed by atoms with Crippen LogP contribution < -0.4 is 5.32 Å². The predicted octanol–water partition coefficient (Wildman–Crippen LogP) is 12.4. The number of hydrogen-bond acceptors (Lipinski definition) is 10. The minimum Gasteiger partial charge on any atom is -0.466 e. The molecule has 6 N–H and O–H groups in total. The van der Waals surface area contributed by atoms with Crippen molar-refractivity contribution in [1.82, 2.24) is 5.32 Å². The molecule has 1 amide bonds. The Morgan fingerprint density at radius 3 is 1.39 bits per heavy atom. The molecule has 0 bridgehead atoms. The van der Waals surface area contributed by atoms with Crippen molar-refractivity contribution in [3.05, 3.63) is 12.2 Å². The van der Waals surface area contributed by atoms with Gasteiger partial charge in [-0.1, -0.05) is 238 Å². The lowest BCUT2D eigenvalue weighted by Crippen LogP contribution is -2.60. The Bertz CT molecular complexity index is 1120. The van der Waals surface area contributed by atoms with Crippen molar-refractivity contribution in [3.8, 4) is 0 Å². The second kappa shape index (κ2) is 46.8. The van der Waals surface area contributed by atoms with Crippen molar-refractivity contribution in [2.45, 2.75) is 314 Å². The van der Waals surface area contributed by atoms with E-state index in [4.69, 9.17) is 14.2 Å². The van der Waals surface area contributed by atoms with Gasteiger partial charge in [0.1, 0.15) is 24.4 Å². The van der Waals surface area contributed by atoms with Gasteiger partial charge in [0.15, 0.2) is 6.29 Å². The van der Waals surface area contributed by atoms with E-state index in [1.807, 2.05) is 6.08 Å². The molecule has 7 atom stereocenters. The van der Waals surface area contributed by atoms with E-state index in [0.717, 1.165) is 70.6 Å². The van der Waals surface area contributed by atoms with Gasteiger partial charge in [0.2, 0.25) is 5.91 Å². The Morgan fingerprint density at radius 2 is 0.940 bits per heavy atom. The quantitative estimate of drug-likeness (QED) is 0.0196. The van der Waals surface area contributed by atoms with Crippen molar-refractivity contribution in [3.63, 3.8) is 0 Å². The lowest BCUT2D eigenvalue weighted by molar-refractivity contribution is -0.302. The predicted molar refractivity (Wildman–Crippen MR) is 274 cm³/mol. The lowest BCUT2D eigenvalue weighted by atomic mass is 9.99. The Labute approximate surface area is 410 Å². The zero-order valence-electron chi connectivity index (χ0n) is 43.4. The summed E-state index contributed by atoms with van der Waals surface area (Å²) >= 11 is 0. The molecule has 0 aromatic carbocycles. The maximum atomic E-state index is 13.0. The number of rotatable bonds is 49. The number of aliphatic hydroxyl groups is 5. The summed E-state index contributed by atoms with van der Waals surface area (Å²) in [7, 11) is 0. The molecule has 0 radical (unpaired) electrons. The summed E-state index contributed by atoms with van der Waals surface area (Å²) in [5, 5.41) is 54.1. The summed E-state index contributed by atoms with van der Waals surface area (Å²) in [6.45, 7) is 4.30. The Morgan fingerprint density at radius 1 is 0.537 bits per heavy atom. The molecule has 1 aliphatic rings. The van der Waals surface area contributed by atoms with Crippen molar-refractivity contribution in [2.24, 2.45) is 0 Å². The van der Waals surface area contributed by atoms with E-state index in [-0.39, 0.29) is 18.5 Å². The third kappa shape index (κ3) is 36.9. The highest BCUT2D eigenvalue weighted by Gasteiger charge is 2.44. The minimum absolute atomic E-state index is 0.0156. The van der Waals surface area contributed by atoms with Gasteiger partial charge in [-0.15, -0.1) is 0 Å². The molecule has 7 unspecified atom stereocenters. The van der Waals surface area contributed by atoms with Crippen molar-refractivity contribution >= 4 is 11.9 Å². The summed E-state index contributed by atoms with van der Waals surface area (Å²) < 4.78 is 16.7. The molecule has 1 aliphatic heterocycles. The number of carbonyl (C=O) groups excluding carboxylic acids is 2. The first kappa shape index (κ1) is 63.4. The average molecular weight is 954 g/mol. The summed E-state index contributed by atoms with van der Waals surface area (Å²) in [4.78, 5) is 25.1.